The number of aromatic nitrogens is 1. The Morgan fingerprint density at radius 2 is 1.37 bits per heavy atom. The van der Waals surface area contributed by atoms with E-state index in [4.69, 9.17) is 14.4 Å². The van der Waals surface area contributed by atoms with Gasteiger partial charge in [-0.2, -0.15) is 0 Å². The molecule has 0 fully saturated rings. The molecule has 0 saturated carbocycles. The Kier molecular flexibility index (Phi) is 6.28. The van der Waals surface area contributed by atoms with Crippen molar-refractivity contribution in [1.29, 1.82) is 0 Å². The molecular formula is C46H31N5O. The van der Waals surface area contributed by atoms with Crippen molar-refractivity contribution in [1.82, 2.24) is 15.2 Å². The van der Waals surface area contributed by atoms with Crippen LogP contribution >= 0.6 is 0 Å². The SMILES string of the molecule is C1=C(C2=NC(c3ccccc3)=NC(c3ccc4ccccc4c3)N2)c2c(oc3cc(-n4c5ccccc5c5cc6ccccc6cc54)ccc23)CN1. The standard InChI is InChI=1S/C46H31N5O/c1-2-11-29(12-3-1)44-48-45(33-19-18-28-10-4-5-13-30(28)22-33)50-46(49-44)38-26-47-27-42-43(38)36-21-20-34(25-41(36)52-42)51-39-17-9-8-16-35(39)37-23-31-14-6-7-15-32(31)24-40(37)51/h1-26,45,47H,27H2,(H,48,49,50). The number of hydrogen-bond donors (Lipinski definition) is 2. The molecule has 0 aliphatic carbocycles. The maximum atomic E-state index is 6.69. The first-order valence-corrected chi connectivity index (χ1v) is 17.6. The monoisotopic (exact) mass is 669 g/mol. The van der Waals surface area contributed by atoms with E-state index in [1.54, 1.807) is 0 Å². The highest BCUT2D eigenvalue weighted by molar-refractivity contribution is 6.30. The summed E-state index contributed by atoms with van der Waals surface area (Å²) < 4.78 is 9.04. The Bertz CT molecular complexity index is 3000. The van der Waals surface area contributed by atoms with Crippen LogP contribution in [0.15, 0.2) is 172 Å². The summed E-state index contributed by atoms with van der Waals surface area (Å²) in [6.45, 7) is 0.589. The summed E-state index contributed by atoms with van der Waals surface area (Å²) in [4.78, 5) is 10.3. The van der Waals surface area contributed by atoms with Crippen LogP contribution in [0.25, 0.3) is 65.6 Å². The van der Waals surface area contributed by atoms with Gasteiger partial charge in [0.1, 0.15) is 23.3 Å². The minimum atomic E-state index is -0.324. The van der Waals surface area contributed by atoms with Gasteiger partial charge in [0, 0.05) is 50.8 Å². The maximum Gasteiger partial charge on any atom is 0.159 e. The van der Waals surface area contributed by atoms with Crippen LogP contribution in [0, 0.1) is 0 Å². The third-order valence-corrected chi connectivity index (χ3v) is 10.4. The molecular weight excluding hydrogens is 639 g/mol. The van der Waals surface area contributed by atoms with Crippen molar-refractivity contribution in [3.8, 4) is 5.69 Å². The number of fused-ring (bicyclic) bond motifs is 8. The van der Waals surface area contributed by atoms with Crippen LogP contribution in [0.1, 0.15) is 28.6 Å². The van der Waals surface area contributed by atoms with Crippen molar-refractivity contribution < 1.29 is 4.42 Å². The number of amidine groups is 2. The average Bonchev–Trinajstić information content (AvgIpc) is 3.74. The van der Waals surface area contributed by atoms with Gasteiger partial charge in [0.2, 0.25) is 0 Å². The summed E-state index contributed by atoms with van der Waals surface area (Å²) in [5.41, 5.74) is 8.27. The van der Waals surface area contributed by atoms with Gasteiger partial charge in [-0.05, 0) is 63.5 Å². The highest BCUT2D eigenvalue weighted by atomic mass is 16.3. The largest absolute Gasteiger partial charge is 0.458 e. The molecule has 0 spiro atoms. The quantitative estimate of drug-likeness (QED) is 0.196. The van der Waals surface area contributed by atoms with E-state index in [0.717, 1.165) is 50.5 Å². The Morgan fingerprint density at radius 1 is 0.615 bits per heavy atom. The first kappa shape index (κ1) is 28.9. The number of hydrogen-bond acceptors (Lipinski definition) is 5. The second-order valence-electron chi connectivity index (χ2n) is 13.5. The maximum absolute atomic E-state index is 6.69. The molecule has 2 aromatic heterocycles. The number of aliphatic imine (C=N–C) groups is 2. The molecule has 9 aromatic rings. The zero-order valence-corrected chi connectivity index (χ0v) is 28.0. The lowest BCUT2D eigenvalue weighted by Gasteiger charge is -2.26. The molecule has 2 N–H and O–H groups in total. The molecule has 4 heterocycles. The Labute approximate surface area is 299 Å². The molecule has 246 valence electrons. The average molecular weight is 670 g/mol. The third kappa shape index (κ3) is 4.51. The lowest BCUT2D eigenvalue weighted by atomic mass is 9.98. The van der Waals surface area contributed by atoms with Gasteiger partial charge in [-0.1, -0.05) is 109 Å². The molecule has 1 atom stereocenters. The molecule has 0 amide bonds. The summed E-state index contributed by atoms with van der Waals surface area (Å²) >= 11 is 0. The van der Waals surface area contributed by atoms with E-state index in [2.05, 4.69) is 155 Å². The van der Waals surface area contributed by atoms with E-state index in [-0.39, 0.29) is 6.17 Å². The highest BCUT2D eigenvalue weighted by Gasteiger charge is 2.29. The van der Waals surface area contributed by atoms with E-state index in [1.165, 1.54) is 43.4 Å². The van der Waals surface area contributed by atoms with Gasteiger partial charge in [0.15, 0.2) is 5.84 Å². The summed E-state index contributed by atoms with van der Waals surface area (Å²) in [6, 6.07) is 53.6. The molecule has 6 nitrogen and oxygen atoms in total. The van der Waals surface area contributed by atoms with Crippen LogP contribution < -0.4 is 10.6 Å². The van der Waals surface area contributed by atoms with Crippen molar-refractivity contribution in [3.63, 3.8) is 0 Å². The van der Waals surface area contributed by atoms with Gasteiger partial charge in [-0.3, -0.25) is 0 Å². The molecule has 11 rings (SSSR count). The third-order valence-electron chi connectivity index (χ3n) is 10.4. The van der Waals surface area contributed by atoms with Crippen molar-refractivity contribution in [3.05, 3.63) is 180 Å². The second kappa shape index (κ2) is 11.3. The minimum absolute atomic E-state index is 0.324. The van der Waals surface area contributed by atoms with E-state index in [1.807, 2.05) is 18.2 Å². The van der Waals surface area contributed by atoms with Crippen molar-refractivity contribution in [2.45, 2.75) is 12.7 Å². The number of benzene rings is 7. The molecule has 0 saturated heterocycles. The zero-order chi connectivity index (χ0) is 34.2. The smallest absolute Gasteiger partial charge is 0.159 e. The van der Waals surface area contributed by atoms with Crippen molar-refractivity contribution >= 4 is 71.6 Å². The zero-order valence-electron chi connectivity index (χ0n) is 28.0. The van der Waals surface area contributed by atoms with Gasteiger partial charge in [0.05, 0.1) is 17.6 Å². The molecule has 1 unspecified atom stereocenters. The molecule has 7 aromatic carbocycles. The summed E-state index contributed by atoms with van der Waals surface area (Å²) in [5.74, 6) is 2.32. The lowest BCUT2D eigenvalue weighted by Crippen LogP contribution is -2.35. The van der Waals surface area contributed by atoms with E-state index in [9.17, 15) is 0 Å². The van der Waals surface area contributed by atoms with Crippen LogP contribution in [-0.2, 0) is 6.54 Å². The van der Waals surface area contributed by atoms with Crippen LogP contribution in [-0.4, -0.2) is 16.2 Å². The van der Waals surface area contributed by atoms with Crippen LogP contribution in [0.5, 0.6) is 0 Å². The summed E-state index contributed by atoms with van der Waals surface area (Å²) in [5, 5.41) is 15.5. The van der Waals surface area contributed by atoms with E-state index in [0.29, 0.717) is 12.4 Å². The molecule has 52 heavy (non-hydrogen) atoms. The van der Waals surface area contributed by atoms with E-state index >= 15 is 0 Å². The molecule has 2 aliphatic rings. The van der Waals surface area contributed by atoms with Gasteiger partial charge in [0.25, 0.3) is 0 Å². The first-order valence-electron chi connectivity index (χ1n) is 17.6. The second-order valence-corrected chi connectivity index (χ2v) is 13.5. The fraction of sp³-hybridized carbons (Fsp3) is 0.0435. The van der Waals surface area contributed by atoms with Crippen LogP contribution in [0.4, 0.5) is 0 Å². The predicted molar refractivity (Wildman–Crippen MR) is 213 cm³/mol. The predicted octanol–water partition coefficient (Wildman–Crippen LogP) is 10.4. The minimum Gasteiger partial charge on any atom is -0.458 e. The van der Waals surface area contributed by atoms with Gasteiger partial charge in [-0.25, -0.2) is 9.98 Å². The number of para-hydroxylation sites is 1. The molecule has 2 aliphatic heterocycles. The van der Waals surface area contributed by atoms with Crippen LogP contribution in [0.3, 0.4) is 0 Å². The van der Waals surface area contributed by atoms with Crippen LogP contribution in [0.2, 0.25) is 0 Å². The van der Waals surface area contributed by atoms with Gasteiger partial charge >= 0.3 is 0 Å². The normalized spacial score (nSPS) is 15.7. The van der Waals surface area contributed by atoms with Gasteiger partial charge < -0.3 is 19.6 Å². The number of nitrogens with one attached hydrogen (secondary N) is 2. The fourth-order valence-electron chi connectivity index (χ4n) is 7.98. The Morgan fingerprint density at radius 3 is 2.23 bits per heavy atom. The Hall–Kier alpha value is -6.92. The topological polar surface area (TPSA) is 66.8 Å². The summed E-state index contributed by atoms with van der Waals surface area (Å²) in [6.07, 6.45) is 1.73. The highest BCUT2D eigenvalue weighted by Crippen LogP contribution is 2.39. The lowest BCUT2D eigenvalue weighted by molar-refractivity contribution is 0.531. The molecule has 0 radical (unpaired) electrons. The first-order chi connectivity index (χ1) is 25.7. The van der Waals surface area contributed by atoms with E-state index < -0.39 is 0 Å². The fourth-order valence-corrected chi connectivity index (χ4v) is 7.98. The summed E-state index contributed by atoms with van der Waals surface area (Å²) in [7, 11) is 0. The number of furan rings is 1. The number of rotatable bonds is 4. The number of nitrogens with zero attached hydrogens (tertiary/aromatic N) is 3. The molecule has 6 heteroatoms. The molecule has 0 bridgehead atoms. The Balaban J connectivity index is 1.04. The van der Waals surface area contributed by atoms with Gasteiger partial charge in [-0.15, -0.1) is 0 Å². The van der Waals surface area contributed by atoms with Crippen molar-refractivity contribution in [2.24, 2.45) is 9.98 Å². The van der Waals surface area contributed by atoms with Crippen molar-refractivity contribution in [2.75, 3.05) is 0 Å².